The highest BCUT2D eigenvalue weighted by Gasteiger charge is 2.27. The molecule has 2 aromatic rings. The zero-order valence-corrected chi connectivity index (χ0v) is 10.4. The molecule has 2 atom stereocenters. The first-order chi connectivity index (χ1) is 9.19. The van der Waals surface area contributed by atoms with Crippen molar-refractivity contribution in [3.63, 3.8) is 0 Å². The van der Waals surface area contributed by atoms with Crippen molar-refractivity contribution in [1.82, 2.24) is 19.5 Å². The molecule has 0 bridgehead atoms. The van der Waals surface area contributed by atoms with Gasteiger partial charge in [-0.1, -0.05) is 0 Å². The lowest BCUT2D eigenvalue weighted by Crippen LogP contribution is -2.12. The van der Waals surface area contributed by atoms with E-state index in [-0.39, 0.29) is 30.7 Å². The lowest BCUT2D eigenvalue weighted by atomic mass is 10.2. The van der Waals surface area contributed by atoms with E-state index < -0.39 is 0 Å². The molecule has 0 spiro atoms. The van der Waals surface area contributed by atoms with Crippen molar-refractivity contribution in [2.75, 3.05) is 18.1 Å². The molecule has 0 radical (unpaired) electrons. The number of nitrogens with zero attached hydrogens (tertiary/aromatic N) is 4. The molecule has 2 aromatic heterocycles. The Balaban J connectivity index is 1.94. The maximum absolute atomic E-state index is 8.94. The van der Waals surface area contributed by atoms with Crippen LogP contribution >= 0.6 is 0 Å². The molecule has 1 saturated heterocycles. The van der Waals surface area contributed by atoms with E-state index >= 15 is 0 Å². The van der Waals surface area contributed by atoms with Gasteiger partial charge in [0, 0.05) is 6.61 Å². The molecule has 1 aliphatic heterocycles. The summed E-state index contributed by atoms with van der Waals surface area (Å²) in [5.41, 5.74) is 12.5. The van der Waals surface area contributed by atoms with Crippen molar-refractivity contribution in [1.29, 1.82) is 0 Å². The second kappa shape index (κ2) is 4.63. The van der Waals surface area contributed by atoms with Crippen LogP contribution in [-0.2, 0) is 4.74 Å². The molecule has 3 rings (SSSR count). The zero-order valence-electron chi connectivity index (χ0n) is 10.4. The van der Waals surface area contributed by atoms with Crippen LogP contribution in [0.4, 0.5) is 11.8 Å². The van der Waals surface area contributed by atoms with Gasteiger partial charge in [-0.25, -0.2) is 4.98 Å². The maximum atomic E-state index is 8.94. The third-order valence-corrected chi connectivity index (χ3v) is 3.31. The Bertz CT molecular complexity index is 598. The Morgan fingerprint density at radius 1 is 1.37 bits per heavy atom. The Kier molecular flexibility index (Phi) is 2.96. The Hall–Kier alpha value is -1.93. The van der Waals surface area contributed by atoms with Gasteiger partial charge in [-0.15, -0.1) is 0 Å². The number of ether oxygens (including phenoxy) is 1. The molecular weight excluding hydrogens is 248 g/mol. The summed E-state index contributed by atoms with van der Waals surface area (Å²) in [6.07, 6.45) is 3.96. The number of aliphatic hydroxyl groups is 1. The standard InChI is InChI=1S/C11H16N6O2/c12-9-8-10(16-11(13)15-9)17(5-14-8)7-2-1-6(19-7)3-4-18/h5-7,18H,1-4H2,(H4,12,13,15,16)/t6?,7-/m1/s1. The molecule has 19 heavy (non-hydrogen) atoms. The summed E-state index contributed by atoms with van der Waals surface area (Å²) in [6.45, 7) is 0.129. The zero-order chi connectivity index (χ0) is 13.4. The van der Waals surface area contributed by atoms with Gasteiger partial charge in [-0.05, 0) is 19.3 Å². The van der Waals surface area contributed by atoms with E-state index in [0.29, 0.717) is 17.6 Å². The highest BCUT2D eigenvalue weighted by atomic mass is 16.5. The van der Waals surface area contributed by atoms with E-state index in [4.69, 9.17) is 21.3 Å². The van der Waals surface area contributed by atoms with E-state index in [0.717, 1.165) is 12.8 Å². The summed E-state index contributed by atoms with van der Waals surface area (Å²) >= 11 is 0. The quantitative estimate of drug-likeness (QED) is 0.715. The minimum absolute atomic E-state index is 0.0731. The average molecular weight is 264 g/mol. The fourth-order valence-electron chi connectivity index (χ4n) is 2.41. The van der Waals surface area contributed by atoms with Gasteiger partial charge in [-0.2, -0.15) is 9.97 Å². The molecule has 8 nitrogen and oxygen atoms in total. The number of nitrogens with two attached hydrogens (primary N) is 2. The van der Waals surface area contributed by atoms with Crippen molar-refractivity contribution in [2.24, 2.45) is 0 Å². The smallest absolute Gasteiger partial charge is 0.224 e. The summed E-state index contributed by atoms with van der Waals surface area (Å²) in [5.74, 6) is 0.391. The van der Waals surface area contributed by atoms with Crippen molar-refractivity contribution < 1.29 is 9.84 Å². The predicted octanol–water partition coefficient (Wildman–Crippen LogP) is 0.0507. The van der Waals surface area contributed by atoms with Crippen molar-refractivity contribution in [3.8, 4) is 0 Å². The SMILES string of the molecule is Nc1nc(N)c2ncn([C@H]3CCC(CCO)O3)c2n1. The molecule has 1 aliphatic rings. The van der Waals surface area contributed by atoms with E-state index in [1.807, 2.05) is 4.57 Å². The van der Waals surface area contributed by atoms with Gasteiger partial charge in [0.15, 0.2) is 11.5 Å². The number of hydrogen-bond donors (Lipinski definition) is 3. The van der Waals surface area contributed by atoms with Crippen LogP contribution in [0.5, 0.6) is 0 Å². The van der Waals surface area contributed by atoms with Crippen molar-refractivity contribution >= 4 is 22.9 Å². The minimum Gasteiger partial charge on any atom is -0.396 e. The summed E-state index contributed by atoms with van der Waals surface area (Å²) in [4.78, 5) is 12.3. The van der Waals surface area contributed by atoms with Crippen molar-refractivity contribution in [2.45, 2.75) is 31.6 Å². The first-order valence-electron chi connectivity index (χ1n) is 6.21. The summed E-state index contributed by atoms with van der Waals surface area (Å²) in [6, 6.07) is 0. The van der Waals surface area contributed by atoms with E-state index in [9.17, 15) is 0 Å². The van der Waals surface area contributed by atoms with E-state index in [2.05, 4.69) is 15.0 Å². The number of aliphatic hydroxyl groups excluding tert-OH is 1. The van der Waals surface area contributed by atoms with Gasteiger partial charge < -0.3 is 21.3 Å². The highest BCUT2D eigenvalue weighted by Crippen LogP contribution is 2.32. The number of aromatic nitrogens is 4. The molecule has 3 heterocycles. The van der Waals surface area contributed by atoms with Crippen LogP contribution in [0.25, 0.3) is 11.2 Å². The molecule has 0 aromatic carbocycles. The van der Waals surface area contributed by atoms with Crippen molar-refractivity contribution in [3.05, 3.63) is 6.33 Å². The van der Waals surface area contributed by atoms with Crippen LogP contribution < -0.4 is 11.5 Å². The average Bonchev–Trinajstić information content (AvgIpc) is 2.95. The number of anilines is 2. The van der Waals surface area contributed by atoms with Gasteiger partial charge in [0.25, 0.3) is 0 Å². The number of fused-ring (bicyclic) bond motifs is 1. The molecule has 5 N–H and O–H groups in total. The molecule has 0 amide bonds. The summed E-state index contributed by atoms with van der Waals surface area (Å²) in [5, 5.41) is 8.94. The lowest BCUT2D eigenvalue weighted by molar-refractivity contribution is -0.00574. The number of nitrogen functional groups attached to an aromatic ring is 2. The third-order valence-electron chi connectivity index (χ3n) is 3.31. The van der Waals surface area contributed by atoms with Crippen LogP contribution in [0.3, 0.4) is 0 Å². The van der Waals surface area contributed by atoms with E-state index in [1.54, 1.807) is 6.33 Å². The Morgan fingerprint density at radius 2 is 2.21 bits per heavy atom. The first kappa shape index (κ1) is 12.1. The van der Waals surface area contributed by atoms with Gasteiger partial charge in [0.05, 0.1) is 12.4 Å². The predicted molar refractivity (Wildman–Crippen MR) is 69.0 cm³/mol. The van der Waals surface area contributed by atoms with Gasteiger partial charge >= 0.3 is 0 Å². The molecular formula is C11H16N6O2. The molecule has 102 valence electrons. The van der Waals surface area contributed by atoms with Crippen LogP contribution in [-0.4, -0.2) is 37.3 Å². The van der Waals surface area contributed by atoms with Crippen LogP contribution in [0.2, 0.25) is 0 Å². The molecule has 0 aliphatic carbocycles. The minimum atomic E-state index is -0.143. The lowest BCUT2D eigenvalue weighted by Gasteiger charge is -2.14. The van der Waals surface area contributed by atoms with Crippen LogP contribution in [0.1, 0.15) is 25.5 Å². The Morgan fingerprint density at radius 3 is 3.00 bits per heavy atom. The maximum Gasteiger partial charge on any atom is 0.224 e. The molecule has 8 heteroatoms. The third kappa shape index (κ3) is 2.08. The van der Waals surface area contributed by atoms with Crippen LogP contribution in [0.15, 0.2) is 6.33 Å². The summed E-state index contributed by atoms with van der Waals surface area (Å²) < 4.78 is 7.68. The Labute approximate surface area is 109 Å². The fourth-order valence-corrected chi connectivity index (χ4v) is 2.41. The molecule has 1 unspecified atom stereocenters. The number of hydrogen-bond acceptors (Lipinski definition) is 7. The first-order valence-corrected chi connectivity index (χ1v) is 6.21. The normalized spacial score (nSPS) is 23.2. The second-order valence-corrected chi connectivity index (χ2v) is 4.59. The second-order valence-electron chi connectivity index (χ2n) is 4.59. The highest BCUT2D eigenvalue weighted by molar-refractivity contribution is 5.82. The molecule has 0 saturated carbocycles. The fraction of sp³-hybridized carbons (Fsp3) is 0.545. The number of imidazole rings is 1. The monoisotopic (exact) mass is 264 g/mol. The largest absolute Gasteiger partial charge is 0.396 e. The van der Waals surface area contributed by atoms with Crippen LogP contribution in [0, 0.1) is 0 Å². The molecule has 1 fully saturated rings. The topological polar surface area (TPSA) is 125 Å². The van der Waals surface area contributed by atoms with Gasteiger partial charge in [-0.3, -0.25) is 4.57 Å². The summed E-state index contributed by atoms with van der Waals surface area (Å²) in [7, 11) is 0. The van der Waals surface area contributed by atoms with Gasteiger partial charge in [0.2, 0.25) is 5.95 Å². The van der Waals surface area contributed by atoms with E-state index in [1.165, 1.54) is 0 Å². The number of rotatable bonds is 3. The van der Waals surface area contributed by atoms with Gasteiger partial charge in [0.1, 0.15) is 11.7 Å².